The third-order valence-electron chi connectivity index (χ3n) is 1.01. The van der Waals surface area contributed by atoms with Crippen LogP contribution in [0.15, 0.2) is 0 Å². The van der Waals surface area contributed by atoms with Crippen molar-refractivity contribution in [3.05, 3.63) is 10.6 Å². The molecule has 1 heterocycles. The molecule has 5 nitrogen and oxygen atoms in total. The summed E-state index contributed by atoms with van der Waals surface area (Å²) in [6.07, 6.45) is 0.251. The van der Waals surface area contributed by atoms with Crippen LogP contribution in [0.1, 0.15) is 6.42 Å². The maximum absolute atomic E-state index is 8.22. The lowest BCUT2D eigenvalue weighted by Gasteiger charge is -2.00. The number of aromatic nitrogens is 3. The third kappa shape index (κ3) is 3.40. The molecule has 0 aromatic carbocycles. The largest absolute Gasteiger partial charge is 0.462 e. The number of rotatable bonds is 3. The van der Waals surface area contributed by atoms with E-state index in [4.69, 9.17) is 33.2 Å². The highest BCUT2D eigenvalue weighted by molar-refractivity contribution is 6.31. The van der Waals surface area contributed by atoms with Gasteiger partial charge in [-0.2, -0.15) is 20.2 Å². The molecule has 0 bridgehead atoms. The predicted molar refractivity (Wildman–Crippen MR) is 45.6 cm³/mol. The van der Waals surface area contributed by atoms with Gasteiger partial charge in [0.1, 0.15) is 6.61 Å². The first-order chi connectivity index (χ1) is 6.22. The van der Waals surface area contributed by atoms with Crippen LogP contribution in [0.3, 0.4) is 0 Å². The van der Waals surface area contributed by atoms with E-state index in [1.165, 1.54) is 0 Å². The first kappa shape index (κ1) is 9.96. The lowest BCUT2D eigenvalue weighted by Crippen LogP contribution is -2.01. The molecule has 1 aromatic rings. The van der Waals surface area contributed by atoms with Gasteiger partial charge in [0.2, 0.25) is 10.6 Å². The third-order valence-corrected chi connectivity index (χ3v) is 1.34. The number of hydrogen-bond donors (Lipinski definition) is 0. The molecule has 0 N–H and O–H groups in total. The molecular weight excluding hydrogens is 215 g/mol. The van der Waals surface area contributed by atoms with Crippen LogP contribution in [0, 0.1) is 11.3 Å². The van der Waals surface area contributed by atoms with Gasteiger partial charge in [-0.1, -0.05) is 0 Å². The Kier molecular flexibility index (Phi) is 3.68. The smallest absolute Gasteiger partial charge is 0.322 e. The second kappa shape index (κ2) is 4.80. The van der Waals surface area contributed by atoms with E-state index in [0.29, 0.717) is 0 Å². The molecule has 0 spiro atoms. The van der Waals surface area contributed by atoms with Crippen molar-refractivity contribution in [1.82, 2.24) is 15.0 Å². The van der Waals surface area contributed by atoms with E-state index in [-0.39, 0.29) is 29.6 Å². The Morgan fingerprint density at radius 2 is 1.85 bits per heavy atom. The van der Waals surface area contributed by atoms with Crippen LogP contribution in [0.25, 0.3) is 0 Å². The molecule has 1 rings (SSSR count). The number of halogens is 2. The minimum atomic E-state index is -0.0352. The normalized spacial score (nSPS) is 9.31. The van der Waals surface area contributed by atoms with Crippen LogP contribution in [0.2, 0.25) is 10.6 Å². The van der Waals surface area contributed by atoms with Crippen LogP contribution in [0.4, 0.5) is 0 Å². The highest BCUT2D eigenvalue weighted by Gasteiger charge is 2.03. The zero-order valence-electron chi connectivity index (χ0n) is 6.37. The summed E-state index contributed by atoms with van der Waals surface area (Å²) in [5.74, 6) is 0. The molecule has 0 saturated heterocycles. The van der Waals surface area contributed by atoms with Crippen molar-refractivity contribution in [2.45, 2.75) is 6.42 Å². The van der Waals surface area contributed by atoms with Gasteiger partial charge in [-0.15, -0.1) is 0 Å². The summed E-state index contributed by atoms with van der Waals surface area (Å²) in [5.41, 5.74) is 0. The minimum absolute atomic E-state index is 0.0280. The summed E-state index contributed by atoms with van der Waals surface area (Å²) in [6.45, 7) is 0.202. The molecule has 0 saturated carbocycles. The van der Waals surface area contributed by atoms with E-state index in [2.05, 4.69) is 15.0 Å². The van der Waals surface area contributed by atoms with Crippen molar-refractivity contribution in [3.63, 3.8) is 0 Å². The Bertz CT molecular complexity index is 318. The number of nitriles is 1. The monoisotopic (exact) mass is 218 g/mol. The Labute approximate surface area is 84.3 Å². The summed E-state index contributed by atoms with van der Waals surface area (Å²) in [6, 6.07) is 1.93. The molecule has 7 heteroatoms. The van der Waals surface area contributed by atoms with Gasteiger partial charge in [-0.25, -0.2) is 0 Å². The second-order valence-electron chi connectivity index (χ2n) is 1.91. The molecule has 0 atom stereocenters. The van der Waals surface area contributed by atoms with Gasteiger partial charge < -0.3 is 4.74 Å². The number of nitrogens with zero attached hydrogens (tertiary/aromatic N) is 4. The first-order valence-electron chi connectivity index (χ1n) is 3.29. The lowest BCUT2D eigenvalue weighted by atomic mass is 10.5. The fourth-order valence-electron chi connectivity index (χ4n) is 0.561. The van der Waals surface area contributed by atoms with Gasteiger partial charge in [0.05, 0.1) is 12.5 Å². The zero-order chi connectivity index (χ0) is 9.68. The predicted octanol–water partition coefficient (Wildman–Crippen LogP) is 1.47. The van der Waals surface area contributed by atoms with Crippen molar-refractivity contribution in [2.24, 2.45) is 0 Å². The van der Waals surface area contributed by atoms with Crippen LogP contribution in [0.5, 0.6) is 6.01 Å². The van der Waals surface area contributed by atoms with Crippen molar-refractivity contribution in [2.75, 3.05) is 6.61 Å². The Morgan fingerprint density at radius 3 is 2.38 bits per heavy atom. The molecule has 13 heavy (non-hydrogen) atoms. The second-order valence-corrected chi connectivity index (χ2v) is 2.59. The molecule has 0 aliphatic rings. The van der Waals surface area contributed by atoms with E-state index in [1.54, 1.807) is 0 Å². The average molecular weight is 219 g/mol. The quantitative estimate of drug-likeness (QED) is 0.719. The summed E-state index contributed by atoms with van der Waals surface area (Å²) < 4.78 is 4.95. The minimum Gasteiger partial charge on any atom is -0.462 e. The lowest BCUT2D eigenvalue weighted by molar-refractivity contribution is 0.299. The van der Waals surface area contributed by atoms with E-state index >= 15 is 0 Å². The Balaban J connectivity index is 2.62. The highest BCUT2D eigenvalue weighted by atomic mass is 35.5. The molecule has 1 aromatic heterocycles. The van der Waals surface area contributed by atoms with Crippen molar-refractivity contribution in [3.8, 4) is 12.1 Å². The van der Waals surface area contributed by atoms with Crippen molar-refractivity contribution in [1.29, 1.82) is 5.26 Å². The van der Waals surface area contributed by atoms with Gasteiger partial charge in [0, 0.05) is 0 Å². The molecule has 0 aliphatic heterocycles. The van der Waals surface area contributed by atoms with E-state index in [9.17, 15) is 0 Å². The fraction of sp³-hybridized carbons (Fsp3) is 0.333. The van der Waals surface area contributed by atoms with Gasteiger partial charge in [0.25, 0.3) is 0 Å². The number of hydrogen-bond acceptors (Lipinski definition) is 5. The van der Waals surface area contributed by atoms with Gasteiger partial charge >= 0.3 is 6.01 Å². The Hall–Kier alpha value is -1.12. The molecule has 0 aliphatic carbocycles. The SMILES string of the molecule is N#CCCOc1nc(Cl)nc(Cl)n1. The summed E-state index contributed by atoms with van der Waals surface area (Å²) in [4.78, 5) is 10.8. The first-order valence-corrected chi connectivity index (χ1v) is 4.05. The van der Waals surface area contributed by atoms with E-state index in [0.717, 1.165) is 0 Å². The highest BCUT2D eigenvalue weighted by Crippen LogP contribution is 2.11. The van der Waals surface area contributed by atoms with Crippen LogP contribution < -0.4 is 4.74 Å². The molecule has 0 amide bonds. The van der Waals surface area contributed by atoms with Crippen LogP contribution in [-0.2, 0) is 0 Å². The maximum Gasteiger partial charge on any atom is 0.322 e. The summed E-state index contributed by atoms with van der Waals surface area (Å²) >= 11 is 10.9. The van der Waals surface area contributed by atoms with Crippen molar-refractivity contribution < 1.29 is 4.74 Å². The van der Waals surface area contributed by atoms with Crippen LogP contribution in [-0.4, -0.2) is 21.6 Å². The molecule has 0 unspecified atom stereocenters. The summed E-state index contributed by atoms with van der Waals surface area (Å²) in [5, 5.41) is 8.15. The topological polar surface area (TPSA) is 71.7 Å². The van der Waals surface area contributed by atoms with E-state index in [1.807, 2.05) is 6.07 Å². The zero-order valence-corrected chi connectivity index (χ0v) is 7.88. The fourth-order valence-corrected chi connectivity index (χ4v) is 0.909. The van der Waals surface area contributed by atoms with Gasteiger partial charge in [-0.3, -0.25) is 0 Å². The van der Waals surface area contributed by atoms with Gasteiger partial charge in [-0.05, 0) is 23.2 Å². The average Bonchev–Trinajstić information content (AvgIpc) is 2.03. The van der Waals surface area contributed by atoms with Crippen LogP contribution >= 0.6 is 23.2 Å². The van der Waals surface area contributed by atoms with Gasteiger partial charge in [0.15, 0.2) is 0 Å². The molecule has 0 fully saturated rings. The molecule has 68 valence electrons. The van der Waals surface area contributed by atoms with E-state index < -0.39 is 0 Å². The van der Waals surface area contributed by atoms with Crippen molar-refractivity contribution >= 4 is 23.2 Å². The number of ether oxygens (including phenoxy) is 1. The summed E-state index contributed by atoms with van der Waals surface area (Å²) in [7, 11) is 0. The Morgan fingerprint density at radius 1 is 1.23 bits per heavy atom. The molecular formula is C6H4Cl2N4O. The molecule has 0 radical (unpaired) electrons. The standard InChI is InChI=1S/C6H4Cl2N4O/c7-4-10-5(8)12-6(11-4)13-3-1-2-9/h1,3H2. The maximum atomic E-state index is 8.22.